The number of amides is 1. The zero-order chi connectivity index (χ0) is 15.0. The molecule has 0 aliphatic rings. The Kier molecular flexibility index (Phi) is 10.9. The van der Waals surface area contributed by atoms with Gasteiger partial charge in [0.2, 0.25) is 5.91 Å². The molecule has 0 aromatic heterocycles. The summed E-state index contributed by atoms with van der Waals surface area (Å²) >= 11 is 12.1. The summed E-state index contributed by atoms with van der Waals surface area (Å²) in [7, 11) is 0. The second-order valence-corrected chi connectivity index (χ2v) is 5.67. The number of halogens is 3. The third kappa shape index (κ3) is 7.37. The first kappa shape index (κ1) is 20.5. The fourth-order valence-corrected chi connectivity index (χ4v) is 2.50. The minimum Gasteiger partial charge on any atom is -0.350 e. The summed E-state index contributed by atoms with van der Waals surface area (Å²) in [6, 6.07) is 5.30. The predicted molar refractivity (Wildman–Crippen MR) is 92.4 cm³/mol. The molecular formula is C15H23Cl3N2O. The van der Waals surface area contributed by atoms with Gasteiger partial charge < -0.3 is 11.1 Å². The molecule has 0 heterocycles. The maximum absolute atomic E-state index is 11.8. The van der Waals surface area contributed by atoms with E-state index in [2.05, 4.69) is 5.32 Å². The van der Waals surface area contributed by atoms with Gasteiger partial charge in [0.05, 0.1) is 16.1 Å². The van der Waals surface area contributed by atoms with Crippen molar-refractivity contribution >= 4 is 41.5 Å². The highest BCUT2D eigenvalue weighted by Crippen LogP contribution is 2.29. The van der Waals surface area contributed by atoms with Gasteiger partial charge in [-0.25, -0.2) is 0 Å². The lowest BCUT2D eigenvalue weighted by Gasteiger charge is -2.16. The Morgan fingerprint density at radius 2 is 1.90 bits per heavy atom. The molecule has 0 saturated heterocycles. The number of carbonyl (C=O) groups excluding carboxylic acids is 1. The van der Waals surface area contributed by atoms with E-state index in [1.54, 1.807) is 6.07 Å². The van der Waals surface area contributed by atoms with Crippen LogP contribution in [0.5, 0.6) is 0 Å². The van der Waals surface area contributed by atoms with Crippen LogP contribution in [0, 0.1) is 0 Å². The van der Waals surface area contributed by atoms with Gasteiger partial charge >= 0.3 is 0 Å². The van der Waals surface area contributed by atoms with E-state index >= 15 is 0 Å². The van der Waals surface area contributed by atoms with E-state index in [1.165, 1.54) is 0 Å². The topological polar surface area (TPSA) is 55.1 Å². The van der Waals surface area contributed by atoms with Crippen molar-refractivity contribution in [2.24, 2.45) is 5.73 Å². The van der Waals surface area contributed by atoms with Crippen LogP contribution in [0.25, 0.3) is 0 Å². The van der Waals surface area contributed by atoms with Gasteiger partial charge in [-0.15, -0.1) is 12.4 Å². The van der Waals surface area contributed by atoms with Crippen LogP contribution in [0.3, 0.4) is 0 Å². The predicted octanol–water partition coefficient (Wildman–Crippen LogP) is 4.50. The zero-order valence-corrected chi connectivity index (χ0v) is 14.5. The molecule has 1 amide bonds. The van der Waals surface area contributed by atoms with E-state index in [0.717, 1.165) is 37.8 Å². The van der Waals surface area contributed by atoms with Crippen LogP contribution < -0.4 is 11.1 Å². The molecule has 0 aliphatic heterocycles. The highest BCUT2D eigenvalue weighted by molar-refractivity contribution is 6.42. The highest BCUT2D eigenvalue weighted by Gasteiger charge is 2.13. The van der Waals surface area contributed by atoms with Crippen molar-refractivity contribution in [3.63, 3.8) is 0 Å². The lowest BCUT2D eigenvalue weighted by Crippen LogP contribution is -2.26. The highest BCUT2D eigenvalue weighted by atomic mass is 35.5. The van der Waals surface area contributed by atoms with Gasteiger partial charge in [0.1, 0.15) is 0 Å². The van der Waals surface area contributed by atoms with Crippen molar-refractivity contribution < 1.29 is 4.79 Å². The van der Waals surface area contributed by atoms with Gasteiger partial charge in [-0.05, 0) is 37.9 Å². The first-order valence-corrected chi connectivity index (χ1v) is 7.75. The van der Waals surface area contributed by atoms with Gasteiger partial charge in [-0.1, -0.05) is 48.2 Å². The minimum atomic E-state index is -0.141. The molecule has 1 atom stereocenters. The molecule has 0 radical (unpaired) electrons. The minimum absolute atomic E-state index is 0. The van der Waals surface area contributed by atoms with Crippen LogP contribution in [-0.2, 0) is 4.79 Å². The van der Waals surface area contributed by atoms with E-state index < -0.39 is 0 Å². The third-order valence-corrected chi connectivity index (χ3v) is 4.02. The average molecular weight is 354 g/mol. The van der Waals surface area contributed by atoms with Gasteiger partial charge in [0.15, 0.2) is 0 Å². The molecule has 1 aromatic carbocycles. The summed E-state index contributed by atoms with van der Waals surface area (Å²) in [5, 5.41) is 3.96. The summed E-state index contributed by atoms with van der Waals surface area (Å²) in [4.78, 5) is 11.8. The van der Waals surface area contributed by atoms with E-state index in [4.69, 9.17) is 28.9 Å². The van der Waals surface area contributed by atoms with Crippen LogP contribution in [0.4, 0.5) is 0 Å². The largest absolute Gasteiger partial charge is 0.350 e. The second-order valence-electron chi connectivity index (χ2n) is 4.89. The van der Waals surface area contributed by atoms with Crippen molar-refractivity contribution in [2.45, 2.75) is 45.1 Å². The summed E-state index contributed by atoms with van der Waals surface area (Å²) in [6.45, 7) is 2.63. The van der Waals surface area contributed by atoms with Gasteiger partial charge in [-0.2, -0.15) is 0 Å². The van der Waals surface area contributed by atoms with Gasteiger partial charge in [0.25, 0.3) is 0 Å². The summed E-state index contributed by atoms with van der Waals surface area (Å²) < 4.78 is 0. The fraction of sp³-hybridized carbons (Fsp3) is 0.533. The molecule has 0 saturated carbocycles. The maximum Gasteiger partial charge on any atom is 0.220 e. The lowest BCUT2D eigenvalue weighted by molar-refractivity contribution is -0.121. The number of rotatable bonds is 8. The van der Waals surface area contributed by atoms with Gasteiger partial charge in [0, 0.05) is 6.42 Å². The van der Waals surface area contributed by atoms with E-state index in [1.807, 2.05) is 19.1 Å². The molecule has 0 bridgehead atoms. The Bertz CT molecular complexity index is 441. The SMILES string of the molecule is CC(NC(=O)CCCCCCN)c1cccc(Cl)c1Cl.Cl. The molecule has 1 rings (SSSR count). The molecule has 21 heavy (non-hydrogen) atoms. The number of nitrogens with two attached hydrogens (primary N) is 1. The number of nitrogens with one attached hydrogen (secondary N) is 1. The number of carbonyl (C=O) groups is 1. The maximum atomic E-state index is 11.8. The van der Waals surface area contributed by atoms with E-state index in [0.29, 0.717) is 16.5 Å². The van der Waals surface area contributed by atoms with E-state index in [-0.39, 0.29) is 24.4 Å². The molecule has 0 fully saturated rings. The Morgan fingerprint density at radius 1 is 1.24 bits per heavy atom. The standard InChI is InChI=1S/C15H22Cl2N2O.ClH/c1-11(12-7-6-8-13(16)15(12)17)19-14(20)9-4-2-3-5-10-18;/h6-8,11H,2-5,9-10,18H2,1H3,(H,19,20);1H. The summed E-state index contributed by atoms with van der Waals surface area (Å²) in [5.41, 5.74) is 6.27. The van der Waals surface area contributed by atoms with Crippen molar-refractivity contribution in [3.8, 4) is 0 Å². The number of benzene rings is 1. The molecule has 120 valence electrons. The van der Waals surface area contributed by atoms with Crippen LogP contribution >= 0.6 is 35.6 Å². The quantitative estimate of drug-likeness (QED) is 0.676. The van der Waals surface area contributed by atoms with Crippen molar-refractivity contribution in [3.05, 3.63) is 33.8 Å². The fourth-order valence-electron chi connectivity index (χ4n) is 2.03. The lowest BCUT2D eigenvalue weighted by atomic mass is 10.1. The van der Waals surface area contributed by atoms with E-state index in [9.17, 15) is 4.79 Å². The van der Waals surface area contributed by atoms with Crippen LogP contribution in [0.1, 0.15) is 50.6 Å². The number of hydrogen-bond acceptors (Lipinski definition) is 2. The van der Waals surface area contributed by atoms with Crippen LogP contribution in [0.2, 0.25) is 10.0 Å². The van der Waals surface area contributed by atoms with Crippen LogP contribution in [-0.4, -0.2) is 12.5 Å². The molecular weight excluding hydrogens is 331 g/mol. The van der Waals surface area contributed by atoms with Crippen LogP contribution in [0.15, 0.2) is 18.2 Å². The monoisotopic (exact) mass is 352 g/mol. The Morgan fingerprint density at radius 3 is 2.57 bits per heavy atom. The third-order valence-electron chi connectivity index (χ3n) is 3.18. The first-order valence-electron chi connectivity index (χ1n) is 6.99. The van der Waals surface area contributed by atoms with Crippen molar-refractivity contribution in [1.82, 2.24) is 5.32 Å². The average Bonchev–Trinajstić information content (AvgIpc) is 2.41. The van der Waals surface area contributed by atoms with Crippen molar-refractivity contribution in [1.29, 1.82) is 0 Å². The second kappa shape index (κ2) is 11.1. The molecule has 0 aliphatic carbocycles. The zero-order valence-electron chi connectivity index (χ0n) is 12.2. The molecule has 1 aromatic rings. The first-order chi connectivity index (χ1) is 9.56. The molecule has 1 unspecified atom stereocenters. The molecule has 3 N–H and O–H groups in total. The Balaban J connectivity index is 0.00000400. The number of unbranched alkanes of at least 4 members (excludes halogenated alkanes) is 3. The smallest absolute Gasteiger partial charge is 0.220 e. The van der Waals surface area contributed by atoms with Gasteiger partial charge in [-0.3, -0.25) is 4.79 Å². The Hall–Kier alpha value is -0.480. The van der Waals surface area contributed by atoms with Crippen molar-refractivity contribution in [2.75, 3.05) is 6.54 Å². The summed E-state index contributed by atoms with van der Waals surface area (Å²) in [6.07, 6.45) is 4.57. The molecule has 3 nitrogen and oxygen atoms in total. The Labute approximate surface area is 143 Å². The normalized spacial score (nSPS) is 11.6. The number of hydrogen-bond donors (Lipinski definition) is 2. The molecule has 6 heteroatoms. The molecule has 0 spiro atoms. The summed E-state index contributed by atoms with van der Waals surface area (Å²) in [5.74, 6) is 0.0429.